The highest BCUT2D eigenvalue weighted by Gasteiger charge is 2.31. The third kappa shape index (κ3) is 3.14. The number of hydrogen-bond acceptors (Lipinski definition) is 3. The van der Waals surface area contributed by atoms with Crippen molar-refractivity contribution in [3.05, 3.63) is 29.8 Å². The normalized spacial score (nSPS) is 23.3. The standard InChI is InChI=1S/C12H14F3NO2/c1-8-6-17-10-5-3-2-4-9(10)11(8)16-18-7-12(13,14)15/h2-5,8,11,16H,6-7H2,1H3. The Morgan fingerprint density at radius 2 is 2.11 bits per heavy atom. The van der Waals surface area contributed by atoms with Crippen LogP contribution >= 0.6 is 0 Å². The highest BCUT2D eigenvalue weighted by atomic mass is 19.4. The van der Waals surface area contributed by atoms with Gasteiger partial charge in [0.05, 0.1) is 12.6 Å². The first-order valence-electron chi connectivity index (χ1n) is 5.63. The van der Waals surface area contributed by atoms with E-state index in [0.717, 1.165) is 5.56 Å². The van der Waals surface area contributed by atoms with Gasteiger partial charge in [0.1, 0.15) is 5.75 Å². The highest BCUT2D eigenvalue weighted by molar-refractivity contribution is 5.37. The number of hydrogen-bond donors (Lipinski definition) is 1. The maximum atomic E-state index is 12.0. The van der Waals surface area contributed by atoms with E-state index >= 15 is 0 Å². The summed E-state index contributed by atoms with van der Waals surface area (Å²) in [4.78, 5) is 4.53. The van der Waals surface area contributed by atoms with Crippen LogP contribution in [0.4, 0.5) is 13.2 Å². The van der Waals surface area contributed by atoms with Crippen LogP contribution in [0.1, 0.15) is 18.5 Å². The maximum Gasteiger partial charge on any atom is 0.413 e. The maximum absolute atomic E-state index is 12.0. The third-order valence-corrected chi connectivity index (χ3v) is 2.77. The Hall–Kier alpha value is -1.27. The number of para-hydroxylation sites is 1. The largest absolute Gasteiger partial charge is 0.493 e. The third-order valence-electron chi connectivity index (χ3n) is 2.77. The van der Waals surface area contributed by atoms with Crippen LogP contribution in [-0.4, -0.2) is 19.4 Å². The van der Waals surface area contributed by atoms with Crippen LogP contribution in [0.3, 0.4) is 0 Å². The average Bonchev–Trinajstić information content (AvgIpc) is 2.31. The molecule has 0 saturated heterocycles. The van der Waals surface area contributed by atoms with Crippen LogP contribution in [0.5, 0.6) is 5.75 Å². The molecule has 0 bridgehead atoms. The molecule has 1 aliphatic rings. The monoisotopic (exact) mass is 261 g/mol. The second-order valence-corrected chi connectivity index (χ2v) is 4.33. The first-order chi connectivity index (χ1) is 8.47. The first-order valence-corrected chi connectivity index (χ1v) is 5.63. The van der Waals surface area contributed by atoms with Gasteiger partial charge in [-0.3, -0.25) is 4.84 Å². The van der Waals surface area contributed by atoms with Gasteiger partial charge >= 0.3 is 6.18 Å². The van der Waals surface area contributed by atoms with Crippen LogP contribution in [0.25, 0.3) is 0 Å². The summed E-state index contributed by atoms with van der Waals surface area (Å²) in [5.74, 6) is 0.719. The molecule has 0 amide bonds. The van der Waals surface area contributed by atoms with Crippen LogP contribution < -0.4 is 10.2 Å². The molecule has 0 saturated carbocycles. The lowest BCUT2D eigenvalue weighted by Gasteiger charge is -2.31. The Kier molecular flexibility index (Phi) is 3.77. The molecule has 0 spiro atoms. The van der Waals surface area contributed by atoms with Gasteiger partial charge in [-0.05, 0) is 6.07 Å². The summed E-state index contributed by atoms with van der Waals surface area (Å²) in [7, 11) is 0. The van der Waals surface area contributed by atoms with Gasteiger partial charge < -0.3 is 4.74 Å². The molecule has 1 aliphatic heterocycles. The predicted molar refractivity (Wildman–Crippen MR) is 59.0 cm³/mol. The Labute approximate surface area is 103 Å². The minimum absolute atomic E-state index is 0.0353. The zero-order chi connectivity index (χ0) is 13.2. The van der Waals surface area contributed by atoms with E-state index in [2.05, 4.69) is 10.3 Å². The molecule has 3 nitrogen and oxygen atoms in total. The summed E-state index contributed by atoms with van der Waals surface area (Å²) >= 11 is 0. The minimum atomic E-state index is -4.33. The lowest BCUT2D eigenvalue weighted by atomic mass is 9.93. The van der Waals surface area contributed by atoms with Gasteiger partial charge in [0.2, 0.25) is 0 Å². The zero-order valence-corrected chi connectivity index (χ0v) is 9.83. The Balaban J connectivity index is 2.03. The number of halogens is 3. The first kappa shape index (κ1) is 13.2. The average molecular weight is 261 g/mol. The molecule has 1 heterocycles. The number of ether oxygens (including phenoxy) is 1. The number of rotatable bonds is 3. The van der Waals surface area contributed by atoms with Crippen molar-refractivity contribution in [3.63, 3.8) is 0 Å². The molecule has 0 aromatic heterocycles. The van der Waals surface area contributed by atoms with Crippen molar-refractivity contribution in [1.29, 1.82) is 0 Å². The summed E-state index contributed by atoms with van der Waals surface area (Å²) in [5, 5.41) is 0. The van der Waals surface area contributed by atoms with Crippen LogP contribution in [-0.2, 0) is 4.84 Å². The summed E-state index contributed by atoms with van der Waals surface area (Å²) < 4.78 is 41.5. The second-order valence-electron chi connectivity index (χ2n) is 4.33. The molecule has 1 N–H and O–H groups in total. The van der Waals surface area contributed by atoms with Crippen molar-refractivity contribution in [2.75, 3.05) is 13.2 Å². The van der Waals surface area contributed by atoms with Gasteiger partial charge in [0.15, 0.2) is 6.61 Å². The van der Waals surface area contributed by atoms with Gasteiger partial charge in [-0.2, -0.15) is 18.7 Å². The topological polar surface area (TPSA) is 30.5 Å². The number of nitrogens with one attached hydrogen (secondary N) is 1. The molecule has 0 radical (unpaired) electrons. The number of alkyl halides is 3. The van der Waals surface area contributed by atoms with E-state index in [1.165, 1.54) is 0 Å². The summed E-state index contributed by atoms with van der Waals surface area (Å²) in [6.07, 6.45) is -4.33. The lowest BCUT2D eigenvalue weighted by molar-refractivity contribution is -0.195. The summed E-state index contributed by atoms with van der Waals surface area (Å²) in [6, 6.07) is 6.96. The lowest BCUT2D eigenvalue weighted by Crippen LogP contribution is -2.36. The van der Waals surface area contributed by atoms with Gasteiger partial charge in [-0.25, -0.2) is 0 Å². The van der Waals surface area contributed by atoms with Crippen molar-refractivity contribution in [3.8, 4) is 5.75 Å². The van der Waals surface area contributed by atoms with Crippen LogP contribution in [0, 0.1) is 5.92 Å². The van der Waals surface area contributed by atoms with E-state index in [1.54, 1.807) is 6.07 Å². The molecule has 2 unspecified atom stereocenters. The molecule has 1 aromatic carbocycles. The van der Waals surface area contributed by atoms with E-state index in [4.69, 9.17) is 4.74 Å². The predicted octanol–water partition coefficient (Wildman–Crippen LogP) is 2.84. The Morgan fingerprint density at radius 1 is 1.39 bits per heavy atom. The number of fused-ring (bicyclic) bond motifs is 1. The number of hydroxylamine groups is 1. The quantitative estimate of drug-likeness (QED) is 0.849. The molecular formula is C12H14F3NO2. The smallest absolute Gasteiger partial charge is 0.413 e. The molecule has 2 atom stereocenters. The molecule has 18 heavy (non-hydrogen) atoms. The fourth-order valence-corrected chi connectivity index (χ4v) is 1.89. The van der Waals surface area contributed by atoms with E-state index in [-0.39, 0.29) is 12.0 Å². The van der Waals surface area contributed by atoms with Crippen molar-refractivity contribution in [2.45, 2.75) is 19.1 Å². The fourth-order valence-electron chi connectivity index (χ4n) is 1.89. The molecule has 6 heteroatoms. The summed E-state index contributed by atoms with van der Waals surface area (Å²) in [5.41, 5.74) is 3.30. The van der Waals surface area contributed by atoms with E-state index in [9.17, 15) is 13.2 Å². The number of benzene rings is 1. The molecule has 0 aliphatic carbocycles. The molecule has 2 rings (SSSR count). The van der Waals surface area contributed by atoms with E-state index in [0.29, 0.717) is 12.4 Å². The van der Waals surface area contributed by atoms with Gasteiger partial charge in [0, 0.05) is 11.5 Å². The molecule has 1 aromatic rings. The Bertz CT molecular complexity index is 409. The van der Waals surface area contributed by atoms with Crippen LogP contribution in [0.2, 0.25) is 0 Å². The highest BCUT2D eigenvalue weighted by Crippen LogP contribution is 2.35. The Morgan fingerprint density at radius 3 is 2.83 bits per heavy atom. The van der Waals surface area contributed by atoms with E-state index < -0.39 is 12.8 Å². The van der Waals surface area contributed by atoms with Gasteiger partial charge in [-0.1, -0.05) is 25.1 Å². The molecular weight excluding hydrogens is 247 g/mol. The zero-order valence-electron chi connectivity index (χ0n) is 9.83. The molecule has 0 fully saturated rings. The van der Waals surface area contributed by atoms with Crippen molar-refractivity contribution in [1.82, 2.24) is 5.48 Å². The van der Waals surface area contributed by atoms with Crippen molar-refractivity contribution in [2.24, 2.45) is 5.92 Å². The van der Waals surface area contributed by atoms with Crippen LogP contribution in [0.15, 0.2) is 24.3 Å². The molecule has 100 valence electrons. The fraction of sp³-hybridized carbons (Fsp3) is 0.500. The van der Waals surface area contributed by atoms with Crippen molar-refractivity contribution >= 4 is 0 Å². The van der Waals surface area contributed by atoms with E-state index in [1.807, 2.05) is 25.1 Å². The minimum Gasteiger partial charge on any atom is -0.493 e. The van der Waals surface area contributed by atoms with Gasteiger partial charge in [-0.15, -0.1) is 0 Å². The summed E-state index contributed by atoms with van der Waals surface area (Å²) in [6.45, 7) is 1.04. The second kappa shape index (κ2) is 5.16. The van der Waals surface area contributed by atoms with Gasteiger partial charge in [0.25, 0.3) is 0 Å². The van der Waals surface area contributed by atoms with Crippen molar-refractivity contribution < 1.29 is 22.7 Å². The SMILES string of the molecule is CC1COc2ccccc2C1NOCC(F)(F)F.